The van der Waals surface area contributed by atoms with E-state index in [1.54, 1.807) is 0 Å². The summed E-state index contributed by atoms with van der Waals surface area (Å²) in [5.41, 5.74) is 0.220. The first-order chi connectivity index (χ1) is 13.7. The van der Waals surface area contributed by atoms with Gasteiger partial charge in [-0.15, -0.1) is 0 Å². The third-order valence-corrected chi connectivity index (χ3v) is 5.53. The Morgan fingerprint density at radius 2 is 1.72 bits per heavy atom. The maximum atomic E-state index is 13.3. The predicted octanol–water partition coefficient (Wildman–Crippen LogP) is 2.59. The minimum Gasteiger partial charge on any atom is -0.449 e. The number of benzene rings is 2. The summed E-state index contributed by atoms with van der Waals surface area (Å²) in [6, 6.07) is 7.60. The Balaban J connectivity index is 1.63. The number of ether oxygens (including phenoxy) is 1. The molecule has 10 heteroatoms. The van der Waals surface area contributed by atoms with E-state index >= 15 is 0 Å². The molecule has 7 nitrogen and oxygen atoms in total. The number of sulfonamides is 1. The number of carbonyl (C=O) groups is 2. The van der Waals surface area contributed by atoms with Crippen molar-refractivity contribution in [1.29, 1.82) is 0 Å². The second kappa shape index (κ2) is 8.16. The molecule has 0 radical (unpaired) electrons. The Bertz CT molecular complexity index is 1040. The highest BCUT2D eigenvalue weighted by atomic mass is 32.2. The minimum absolute atomic E-state index is 0.103. The highest BCUT2D eigenvalue weighted by Crippen LogP contribution is 2.20. The van der Waals surface area contributed by atoms with Crippen LogP contribution in [0.2, 0.25) is 0 Å². The fourth-order valence-electron chi connectivity index (χ4n) is 2.36. The van der Waals surface area contributed by atoms with Crippen LogP contribution in [0.4, 0.5) is 14.5 Å². The number of amides is 1. The number of anilines is 1. The summed E-state index contributed by atoms with van der Waals surface area (Å²) in [6.45, 7) is 1.46. The van der Waals surface area contributed by atoms with Gasteiger partial charge in [0.15, 0.2) is 17.7 Å². The third kappa shape index (κ3) is 5.29. The van der Waals surface area contributed by atoms with E-state index in [9.17, 15) is 26.8 Å². The summed E-state index contributed by atoms with van der Waals surface area (Å²) in [7, 11) is -4.15. The van der Waals surface area contributed by atoms with Gasteiger partial charge in [-0.25, -0.2) is 22.0 Å². The zero-order valence-corrected chi connectivity index (χ0v) is 16.1. The molecule has 0 aliphatic heterocycles. The molecule has 3 rings (SSSR count). The lowest BCUT2D eigenvalue weighted by Gasteiger charge is -2.13. The van der Waals surface area contributed by atoms with Crippen LogP contribution >= 0.6 is 0 Å². The fourth-order valence-corrected chi connectivity index (χ4v) is 3.43. The maximum Gasteiger partial charge on any atom is 0.338 e. The number of carbonyl (C=O) groups excluding carboxylic acids is 2. The molecule has 2 aromatic carbocycles. The normalized spacial score (nSPS) is 14.7. The van der Waals surface area contributed by atoms with Gasteiger partial charge in [0.2, 0.25) is 0 Å². The van der Waals surface area contributed by atoms with Crippen LogP contribution < -0.4 is 10.0 Å². The first-order valence-corrected chi connectivity index (χ1v) is 10.2. The lowest BCUT2D eigenvalue weighted by atomic mass is 10.2. The van der Waals surface area contributed by atoms with Gasteiger partial charge in [-0.2, -0.15) is 0 Å². The maximum absolute atomic E-state index is 13.3. The van der Waals surface area contributed by atoms with Crippen molar-refractivity contribution in [2.24, 2.45) is 0 Å². The molecule has 1 saturated carbocycles. The Labute approximate surface area is 166 Å². The molecule has 29 heavy (non-hydrogen) atoms. The van der Waals surface area contributed by atoms with Gasteiger partial charge in [0.1, 0.15) is 0 Å². The van der Waals surface area contributed by atoms with Crippen LogP contribution in [0.15, 0.2) is 47.4 Å². The second-order valence-corrected chi connectivity index (χ2v) is 8.27. The first kappa shape index (κ1) is 20.7. The molecule has 1 atom stereocenters. The van der Waals surface area contributed by atoms with Crippen LogP contribution in [0.25, 0.3) is 0 Å². The number of nitrogens with one attached hydrogen (secondary N) is 2. The van der Waals surface area contributed by atoms with Crippen LogP contribution in [-0.4, -0.2) is 32.4 Å². The number of esters is 1. The van der Waals surface area contributed by atoms with Crippen LogP contribution in [0.5, 0.6) is 0 Å². The predicted molar refractivity (Wildman–Crippen MR) is 99.7 cm³/mol. The van der Waals surface area contributed by atoms with Gasteiger partial charge in [-0.3, -0.25) is 9.52 Å². The molecule has 1 aliphatic rings. The monoisotopic (exact) mass is 424 g/mol. The lowest BCUT2D eigenvalue weighted by Crippen LogP contribution is -2.37. The molecule has 154 valence electrons. The quantitative estimate of drug-likeness (QED) is 0.666. The number of rotatable bonds is 7. The van der Waals surface area contributed by atoms with Crippen molar-refractivity contribution in [2.45, 2.75) is 36.8 Å². The van der Waals surface area contributed by atoms with E-state index < -0.39 is 38.6 Å². The van der Waals surface area contributed by atoms with Crippen molar-refractivity contribution in [3.8, 4) is 0 Å². The van der Waals surface area contributed by atoms with Crippen LogP contribution in [0.3, 0.4) is 0 Å². The Morgan fingerprint density at radius 1 is 1.07 bits per heavy atom. The van der Waals surface area contributed by atoms with Crippen LogP contribution in [-0.2, 0) is 19.6 Å². The summed E-state index contributed by atoms with van der Waals surface area (Å²) in [5, 5.41) is 2.73. The standard InChI is InChI=1S/C19H18F2N2O5S/c1-11(18(24)22-13-6-7-13)28-19(25)12-2-4-14(5-3-12)23-29(26,27)15-8-9-16(20)17(21)10-15/h2-5,8-11,13,23H,6-7H2,1H3,(H,22,24)/t11-/m1/s1. The smallest absolute Gasteiger partial charge is 0.338 e. The van der Waals surface area contributed by atoms with Crippen molar-refractivity contribution in [2.75, 3.05) is 4.72 Å². The largest absolute Gasteiger partial charge is 0.449 e. The van der Waals surface area contributed by atoms with E-state index in [4.69, 9.17) is 4.74 Å². The molecule has 1 amide bonds. The van der Waals surface area contributed by atoms with E-state index in [2.05, 4.69) is 10.0 Å². The molecule has 0 unspecified atom stereocenters. The van der Waals surface area contributed by atoms with E-state index in [-0.39, 0.29) is 23.2 Å². The average Bonchev–Trinajstić information content (AvgIpc) is 3.48. The van der Waals surface area contributed by atoms with E-state index in [0.717, 1.165) is 18.9 Å². The summed E-state index contributed by atoms with van der Waals surface area (Å²) in [6.07, 6.45) is 0.859. The Morgan fingerprint density at radius 3 is 2.31 bits per heavy atom. The molecule has 0 aromatic heterocycles. The first-order valence-electron chi connectivity index (χ1n) is 8.75. The van der Waals surface area contributed by atoms with Gasteiger partial charge in [0.05, 0.1) is 10.5 Å². The van der Waals surface area contributed by atoms with Crippen molar-refractivity contribution in [1.82, 2.24) is 5.32 Å². The number of hydrogen-bond donors (Lipinski definition) is 2. The highest BCUT2D eigenvalue weighted by molar-refractivity contribution is 7.92. The van der Waals surface area contributed by atoms with Gasteiger partial charge in [-0.1, -0.05) is 0 Å². The molecule has 2 N–H and O–H groups in total. The lowest BCUT2D eigenvalue weighted by molar-refractivity contribution is -0.129. The highest BCUT2D eigenvalue weighted by Gasteiger charge is 2.27. The summed E-state index contributed by atoms with van der Waals surface area (Å²) < 4.78 is 58.1. The van der Waals surface area contributed by atoms with E-state index in [1.165, 1.54) is 31.2 Å². The van der Waals surface area contributed by atoms with Gasteiger partial charge in [0, 0.05) is 11.7 Å². The van der Waals surface area contributed by atoms with Gasteiger partial charge >= 0.3 is 5.97 Å². The van der Waals surface area contributed by atoms with E-state index in [1.807, 2.05) is 0 Å². The second-order valence-electron chi connectivity index (χ2n) is 6.59. The Hall–Kier alpha value is -3.01. The fraction of sp³-hybridized carbons (Fsp3) is 0.263. The molecule has 0 spiro atoms. The molecule has 0 heterocycles. The molecule has 0 saturated heterocycles. The molecule has 2 aromatic rings. The number of hydrogen-bond acceptors (Lipinski definition) is 5. The van der Waals surface area contributed by atoms with Crippen molar-refractivity contribution < 1.29 is 31.5 Å². The summed E-state index contributed by atoms with van der Waals surface area (Å²) in [5.74, 6) is -3.56. The molecule has 1 fully saturated rings. The average molecular weight is 424 g/mol. The third-order valence-electron chi connectivity index (χ3n) is 4.15. The van der Waals surface area contributed by atoms with Crippen LogP contribution in [0.1, 0.15) is 30.1 Å². The summed E-state index contributed by atoms with van der Waals surface area (Å²) >= 11 is 0. The van der Waals surface area contributed by atoms with Crippen molar-refractivity contribution in [3.63, 3.8) is 0 Å². The van der Waals surface area contributed by atoms with Crippen molar-refractivity contribution in [3.05, 3.63) is 59.7 Å². The molecule has 1 aliphatic carbocycles. The van der Waals surface area contributed by atoms with Gasteiger partial charge in [0.25, 0.3) is 15.9 Å². The Kier molecular flexibility index (Phi) is 5.83. The van der Waals surface area contributed by atoms with Gasteiger partial charge in [-0.05, 0) is 62.2 Å². The minimum atomic E-state index is -4.15. The molecule has 0 bridgehead atoms. The SMILES string of the molecule is C[C@@H](OC(=O)c1ccc(NS(=O)(=O)c2ccc(F)c(F)c2)cc1)C(=O)NC1CC1. The summed E-state index contributed by atoms with van der Waals surface area (Å²) in [4.78, 5) is 23.5. The number of halogens is 2. The van der Waals surface area contributed by atoms with Crippen LogP contribution in [0, 0.1) is 11.6 Å². The molecular formula is C19H18F2N2O5S. The zero-order chi connectivity index (χ0) is 21.2. The molecular weight excluding hydrogens is 406 g/mol. The van der Waals surface area contributed by atoms with Crippen molar-refractivity contribution >= 4 is 27.6 Å². The van der Waals surface area contributed by atoms with E-state index in [0.29, 0.717) is 12.1 Å². The zero-order valence-electron chi connectivity index (χ0n) is 15.3. The topological polar surface area (TPSA) is 102 Å². The van der Waals surface area contributed by atoms with Gasteiger partial charge < -0.3 is 10.1 Å².